The van der Waals surface area contributed by atoms with Gasteiger partial charge in [-0.05, 0) is 18.8 Å². The first-order chi connectivity index (χ1) is 6.16. The Morgan fingerprint density at radius 2 is 1.54 bits per heavy atom. The van der Waals surface area contributed by atoms with Crippen molar-refractivity contribution in [3.05, 3.63) is 24.3 Å². The molecular weight excluding hydrogens is 160 g/mol. The van der Waals surface area contributed by atoms with Crippen molar-refractivity contribution in [2.75, 3.05) is 6.61 Å². The smallest absolute Gasteiger partial charge is 0.0882 e. The summed E-state index contributed by atoms with van der Waals surface area (Å²) < 4.78 is 0. The van der Waals surface area contributed by atoms with Crippen molar-refractivity contribution in [2.45, 2.75) is 33.6 Å². The van der Waals surface area contributed by atoms with E-state index in [9.17, 15) is 5.11 Å². The molecule has 1 unspecified atom stereocenters. The van der Waals surface area contributed by atoms with E-state index in [1.807, 2.05) is 13.0 Å². The Balaban J connectivity index is 3.40. The quantitative estimate of drug-likeness (QED) is 0.441. The molecule has 0 saturated heterocycles. The minimum absolute atomic E-state index is 0.00165. The zero-order chi connectivity index (χ0) is 10.1. The van der Waals surface area contributed by atoms with Crippen molar-refractivity contribution in [2.24, 2.45) is 11.8 Å². The Morgan fingerprint density at radius 3 is 2.00 bits per heavy atom. The van der Waals surface area contributed by atoms with E-state index in [1.165, 1.54) is 0 Å². The van der Waals surface area contributed by atoms with Crippen LogP contribution in [-0.2, 0) is 5.11 Å². The van der Waals surface area contributed by atoms with Gasteiger partial charge in [-0.1, -0.05) is 45.1 Å². The summed E-state index contributed by atoms with van der Waals surface area (Å²) in [6.07, 6.45) is 10.7. The SMILES string of the molecule is CC(C)/C=C/CC/C=C/C(C)C[O]. The van der Waals surface area contributed by atoms with E-state index >= 15 is 0 Å². The van der Waals surface area contributed by atoms with Gasteiger partial charge < -0.3 is 0 Å². The van der Waals surface area contributed by atoms with Crippen LogP contribution in [0.15, 0.2) is 24.3 Å². The molecule has 0 aliphatic heterocycles. The molecule has 0 aliphatic rings. The second-order valence-corrected chi connectivity index (χ2v) is 3.82. The fourth-order valence-electron chi connectivity index (χ4n) is 0.945. The molecular formula is C12H21O. The van der Waals surface area contributed by atoms with E-state index in [0.717, 1.165) is 12.8 Å². The van der Waals surface area contributed by atoms with Gasteiger partial charge >= 0.3 is 0 Å². The molecule has 0 fully saturated rings. The molecule has 1 radical (unpaired) electrons. The number of hydrogen-bond donors (Lipinski definition) is 0. The lowest BCUT2D eigenvalue weighted by molar-refractivity contribution is 0.168. The first-order valence-corrected chi connectivity index (χ1v) is 5.08. The van der Waals surface area contributed by atoms with Crippen LogP contribution in [0.1, 0.15) is 33.6 Å². The molecule has 75 valence electrons. The van der Waals surface area contributed by atoms with Gasteiger partial charge in [0.15, 0.2) is 0 Å². The van der Waals surface area contributed by atoms with Gasteiger partial charge in [0.1, 0.15) is 0 Å². The van der Waals surface area contributed by atoms with Gasteiger partial charge in [-0.2, -0.15) is 0 Å². The molecule has 0 saturated carbocycles. The van der Waals surface area contributed by atoms with Crippen molar-refractivity contribution >= 4 is 0 Å². The van der Waals surface area contributed by atoms with E-state index in [4.69, 9.17) is 0 Å². The third kappa shape index (κ3) is 9.35. The summed E-state index contributed by atoms with van der Waals surface area (Å²) in [5.41, 5.74) is 0. The van der Waals surface area contributed by atoms with Gasteiger partial charge in [0.2, 0.25) is 0 Å². The highest BCUT2D eigenvalue weighted by atomic mass is 16.3. The molecule has 0 N–H and O–H groups in total. The van der Waals surface area contributed by atoms with Gasteiger partial charge in [-0.3, -0.25) is 0 Å². The zero-order valence-electron chi connectivity index (χ0n) is 8.99. The van der Waals surface area contributed by atoms with Crippen molar-refractivity contribution in [3.8, 4) is 0 Å². The summed E-state index contributed by atoms with van der Waals surface area (Å²) in [7, 11) is 0. The van der Waals surface area contributed by atoms with Crippen LogP contribution >= 0.6 is 0 Å². The van der Waals surface area contributed by atoms with Crippen LogP contribution < -0.4 is 0 Å². The fraction of sp³-hybridized carbons (Fsp3) is 0.667. The Labute approximate surface area is 82.2 Å². The number of allylic oxidation sites excluding steroid dienone is 3. The van der Waals surface area contributed by atoms with E-state index in [1.54, 1.807) is 0 Å². The molecule has 13 heavy (non-hydrogen) atoms. The molecule has 1 nitrogen and oxygen atoms in total. The number of unbranched alkanes of at least 4 members (excludes halogenated alkanes) is 1. The minimum Gasteiger partial charge on any atom is -0.236 e. The third-order valence-electron chi connectivity index (χ3n) is 1.75. The molecule has 0 aromatic heterocycles. The maximum absolute atomic E-state index is 10.4. The maximum atomic E-state index is 10.4. The summed E-state index contributed by atoms with van der Waals surface area (Å²) in [5.74, 6) is 0.832. The molecule has 0 bridgehead atoms. The van der Waals surface area contributed by atoms with Crippen molar-refractivity contribution in [1.82, 2.24) is 0 Å². The first-order valence-electron chi connectivity index (χ1n) is 5.08. The van der Waals surface area contributed by atoms with Crippen LogP contribution in [0, 0.1) is 11.8 Å². The van der Waals surface area contributed by atoms with Crippen LogP contribution in [0.2, 0.25) is 0 Å². The second-order valence-electron chi connectivity index (χ2n) is 3.82. The molecule has 0 rings (SSSR count). The molecule has 1 atom stereocenters. The van der Waals surface area contributed by atoms with Gasteiger partial charge in [0.05, 0.1) is 6.61 Å². The molecule has 0 amide bonds. The van der Waals surface area contributed by atoms with Gasteiger partial charge in [-0.15, -0.1) is 0 Å². The Hall–Kier alpha value is -0.560. The van der Waals surface area contributed by atoms with E-state index in [0.29, 0.717) is 5.92 Å². The second kappa shape index (κ2) is 8.06. The molecule has 0 aromatic rings. The van der Waals surface area contributed by atoms with Gasteiger partial charge in [0, 0.05) is 5.92 Å². The minimum atomic E-state index is -0.00165. The predicted octanol–water partition coefficient (Wildman–Crippen LogP) is 3.60. The Bertz CT molecular complexity index is 157. The highest BCUT2D eigenvalue weighted by Gasteiger charge is 1.91. The normalized spacial score (nSPS) is 14.8. The third-order valence-corrected chi connectivity index (χ3v) is 1.75. The van der Waals surface area contributed by atoms with E-state index in [2.05, 4.69) is 32.1 Å². The highest BCUT2D eigenvalue weighted by molar-refractivity contribution is 4.91. The van der Waals surface area contributed by atoms with Crippen LogP contribution in [-0.4, -0.2) is 6.61 Å². The van der Waals surface area contributed by atoms with Crippen LogP contribution in [0.25, 0.3) is 0 Å². The standard InChI is InChI=1S/C12H21O/c1-11(2)8-6-4-5-7-9-12(3)10-13/h6-9,11-12H,4-5,10H2,1-3H3/b8-6+,9-7+. The largest absolute Gasteiger partial charge is 0.236 e. The Morgan fingerprint density at radius 1 is 1.00 bits per heavy atom. The van der Waals surface area contributed by atoms with Crippen molar-refractivity contribution in [3.63, 3.8) is 0 Å². The molecule has 1 heteroatoms. The average Bonchev–Trinajstić information content (AvgIpc) is 2.10. The maximum Gasteiger partial charge on any atom is 0.0882 e. The van der Waals surface area contributed by atoms with E-state index in [-0.39, 0.29) is 12.5 Å². The fourth-order valence-corrected chi connectivity index (χ4v) is 0.945. The average molecular weight is 181 g/mol. The first kappa shape index (κ1) is 12.4. The molecule has 0 heterocycles. The summed E-state index contributed by atoms with van der Waals surface area (Å²) >= 11 is 0. The van der Waals surface area contributed by atoms with E-state index < -0.39 is 0 Å². The van der Waals surface area contributed by atoms with Crippen LogP contribution in [0.3, 0.4) is 0 Å². The Kier molecular flexibility index (Phi) is 7.71. The topological polar surface area (TPSA) is 19.9 Å². The number of rotatable bonds is 6. The molecule has 0 aliphatic carbocycles. The summed E-state index contributed by atoms with van der Waals surface area (Å²) in [5, 5.41) is 10.4. The van der Waals surface area contributed by atoms with Gasteiger partial charge in [-0.25, -0.2) is 5.11 Å². The van der Waals surface area contributed by atoms with Gasteiger partial charge in [0.25, 0.3) is 0 Å². The summed E-state index contributed by atoms with van der Waals surface area (Å²) in [6.45, 7) is 6.30. The summed E-state index contributed by atoms with van der Waals surface area (Å²) in [4.78, 5) is 0. The number of hydrogen-bond acceptors (Lipinski definition) is 0. The van der Waals surface area contributed by atoms with Crippen molar-refractivity contribution < 1.29 is 5.11 Å². The van der Waals surface area contributed by atoms with Crippen LogP contribution in [0.4, 0.5) is 0 Å². The lowest BCUT2D eigenvalue weighted by Gasteiger charge is -1.96. The van der Waals surface area contributed by atoms with Crippen molar-refractivity contribution in [1.29, 1.82) is 0 Å². The molecule has 0 spiro atoms. The molecule has 0 aromatic carbocycles. The lowest BCUT2D eigenvalue weighted by atomic mass is 10.1. The summed E-state index contributed by atoms with van der Waals surface area (Å²) in [6, 6.07) is 0. The highest BCUT2D eigenvalue weighted by Crippen LogP contribution is 2.01. The monoisotopic (exact) mass is 181 g/mol. The zero-order valence-corrected chi connectivity index (χ0v) is 8.99. The predicted molar refractivity (Wildman–Crippen MR) is 57.1 cm³/mol. The van der Waals surface area contributed by atoms with Crippen LogP contribution in [0.5, 0.6) is 0 Å². The lowest BCUT2D eigenvalue weighted by Crippen LogP contribution is -1.92.